The van der Waals surface area contributed by atoms with Crippen molar-refractivity contribution < 1.29 is 23.9 Å². The van der Waals surface area contributed by atoms with E-state index >= 15 is 0 Å². The zero-order chi connectivity index (χ0) is 19.4. The number of benzene rings is 1. The number of anilines is 1. The molecule has 0 spiro atoms. The summed E-state index contributed by atoms with van der Waals surface area (Å²) in [5.74, 6) is -1.25. The van der Waals surface area contributed by atoms with Crippen LogP contribution in [0.2, 0.25) is 0 Å². The van der Waals surface area contributed by atoms with Gasteiger partial charge in [-0.25, -0.2) is 4.79 Å². The van der Waals surface area contributed by atoms with Gasteiger partial charge in [-0.3, -0.25) is 19.3 Å². The number of ether oxygens (including phenoxy) is 1. The molecule has 7 nitrogen and oxygen atoms in total. The number of rotatable bonds is 5. The van der Waals surface area contributed by atoms with Crippen LogP contribution in [0.1, 0.15) is 55.8 Å². The lowest BCUT2D eigenvalue weighted by molar-refractivity contribution is -0.138. The summed E-state index contributed by atoms with van der Waals surface area (Å²) in [6, 6.07) is 6.29. The molecule has 3 rings (SSSR count). The minimum absolute atomic E-state index is 0.167. The Bertz CT molecular complexity index is 727. The van der Waals surface area contributed by atoms with Crippen molar-refractivity contribution in [3.05, 3.63) is 29.8 Å². The molecule has 0 N–H and O–H groups in total. The van der Waals surface area contributed by atoms with Gasteiger partial charge in [0, 0.05) is 25.4 Å². The lowest BCUT2D eigenvalue weighted by Crippen LogP contribution is -2.45. The first-order chi connectivity index (χ1) is 13.0. The highest BCUT2D eigenvalue weighted by Gasteiger charge is 2.30. The summed E-state index contributed by atoms with van der Waals surface area (Å²) < 4.78 is 5.17. The predicted octanol–water partition coefficient (Wildman–Crippen LogP) is 2.29. The Hall–Kier alpha value is -2.70. The predicted molar refractivity (Wildman–Crippen MR) is 98.1 cm³/mol. The number of imide groups is 1. The van der Waals surface area contributed by atoms with E-state index in [1.807, 2.05) is 4.90 Å². The number of carbonyl (C=O) groups excluding carboxylic acids is 4. The van der Waals surface area contributed by atoms with Gasteiger partial charge in [0.1, 0.15) is 0 Å². The molecule has 144 valence electrons. The SMILES string of the molecule is CC[C@H]1CCCCN1C(=O)COC(=O)c1ccc(N2C(=O)CCC2=O)cc1. The molecule has 2 heterocycles. The van der Waals surface area contributed by atoms with E-state index in [1.165, 1.54) is 24.3 Å². The van der Waals surface area contributed by atoms with E-state index in [-0.39, 0.29) is 48.8 Å². The lowest BCUT2D eigenvalue weighted by Gasteiger charge is -2.35. The third-order valence-corrected chi connectivity index (χ3v) is 5.16. The van der Waals surface area contributed by atoms with Crippen LogP contribution in [0.15, 0.2) is 24.3 Å². The molecular weight excluding hydrogens is 348 g/mol. The van der Waals surface area contributed by atoms with E-state index in [1.54, 1.807) is 0 Å². The van der Waals surface area contributed by atoms with Gasteiger partial charge in [-0.2, -0.15) is 0 Å². The van der Waals surface area contributed by atoms with Crippen LogP contribution < -0.4 is 4.90 Å². The van der Waals surface area contributed by atoms with Crippen molar-refractivity contribution in [1.82, 2.24) is 4.90 Å². The number of piperidine rings is 1. The van der Waals surface area contributed by atoms with E-state index in [9.17, 15) is 19.2 Å². The van der Waals surface area contributed by atoms with Crippen LogP contribution in [-0.2, 0) is 19.1 Å². The summed E-state index contributed by atoms with van der Waals surface area (Å²) in [6.07, 6.45) is 4.41. The lowest BCUT2D eigenvalue weighted by atomic mass is 10.00. The molecule has 0 saturated carbocycles. The largest absolute Gasteiger partial charge is 0.452 e. The summed E-state index contributed by atoms with van der Waals surface area (Å²) in [5.41, 5.74) is 0.713. The molecule has 1 aromatic rings. The average Bonchev–Trinajstić information content (AvgIpc) is 3.04. The van der Waals surface area contributed by atoms with Crippen LogP contribution in [0.25, 0.3) is 0 Å². The van der Waals surface area contributed by atoms with Crippen LogP contribution >= 0.6 is 0 Å². The number of amides is 3. The molecule has 2 aliphatic heterocycles. The number of nitrogens with zero attached hydrogens (tertiary/aromatic N) is 2. The van der Waals surface area contributed by atoms with Crippen LogP contribution in [0, 0.1) is 0 Å². The maximum atomic E-state index is 12.4. The molecule has 1 aromatic carbocycles. The van der Waals surface area contributed by atoms with Crippen LogP contribution in [0.4, 0.5) is 5.69 Å². The van der Waals surface area contributed by atoms with Crippen molar-refractivity contribution in [3.63, 3.8) is 0 Å². The Balaban J connectivity index is 1.57. The van der Waals surface area contributed by atoms with Crippen LogP contribution in [0.3, 0.4) is 0 Å². The van der Waals surface area contributed by atoms with Gasteiger partial charge in [0.15, 0.2) is 6.61 Å². The minimum atomic E-state index is -0.598. The summed E-state index contributed by atoms with van der Waals surface area (Å²) >= 11 is 0. The van der Waals surface area contributed by atoms with Gasteiger partial charge in [0.2, 0.25) is 11.8 Å². The van der Waals surface area contributed by atoms with Gasteiger partial charge in [0.05, 0.1) is 11.3 Å². The highest BCUT2D eigenvalue weighted by molar-refractivity contribution is 6.19. The molecule has 27 heavy (non-hydrogen) atoms. The van der Waals surface area contributed by atoms with Gasteiger partial charge in [-0.15, -0.1) is 0 Å². The van der Waals surface area contributed by atoms with E-state index in [2.05, 4.69) is 6.92 Å². The van der Waals surface area contributed by atoms with E-state index in [4.69, 9.17) is 4.74 Å². The van der Waals surface area contributed by atoms with Crippen molar-refractivity contribution in [1.29, 1.82) is 0 Å². The maximum Gasteiger partial charge on any atom is 0.338 e. The van der Waals surface area contributed by atoms with E-state index < -0.39 is 5.97 Å². The Morgan fingerprint density at radius 2 is 1.74 bits per heavy atom. The Morgan fingerprint density at radius 3 is 2.37 bits per heavy atom. The van der Waals surface area contributed by atoms with Crippen molar-refractivity contribution in [3.8, 4) is 0 Å². The number of hydrogen-bond donors (Lipinski definition) is 0. The molecule has 2 saturated heterocycles. The minimum Gasteiger partial charge on any atom is -0.452 e. The second kappa shape index (κ2) is 8.33. The number of hydrogen-bond acceptors (Lipinski definition) is 5. The van der Waals surface area contributed by atoms with E-state index in [0.29, 0.717) is 12.2 Å². The molecular formula is C20H24N2O5. The summed E-state index contributed by atoms with van der Waals surface area (Å²) in [5, 5.41) is 0. The molecule has 0 unspecified atom stereocenters. The summed E-state index contributed by atoms with van der Waals surface area (Å²) in [6.45, 7) is 2.49. The monoisotopic (exact) mass is 372 g/mol. The standard InChI is InChI=1S/C20H24N2O5/c1-2-15-5-3-4-12-21(15)19(25)13-27-20(26)14-6-8-16(9-7-14)22-17(23)10-11-18(22)24/h6-9,15H,2-5,10-13H2,1H3/t15-/m0/s1. The molecule has 0 bridgehead atoms. The third kappa shape index (κ3) is 4.18. The fraction of sp³-hybridized carbons (Fsp3) is 0.500. The molecule has 3 amide bonds. The van der Waals surface area contributed by atoms with Crippen molar-refractivity contribution in [2.45, 2.75) is 51.5 Å². The van der Waals surface area contributed by atoms with Crippen molar-refractivity contribution in [2.75, 3.05) is 18.1 Å². The van der Waals surface area contributed by atoms with Crippen LogP contribution in [-0.4, -0.2) is 47.8 Å². The fourth-order valence-electron chi connectivity index (χ4n) is 3.66. The van der Waals surface area contributed by atoms with Crippen molar-refractivity contribution in [2.24, 2.45) is 0 Å². The number of likely N-dealkylation sites (tertiary alicyclic amines) is 1. The van der Waals surface area contributed by atoms with Gasteiger partial charge in [-0.1, -0.05) is 6.92 Å². The molecule has 7 heteroatoms. The number of carbonyl (C=O) groups is 4. The molecule has 0 aliphatic carbocycles. The molecule has 1 atom stereocenters. The Morgan fingerprint density at radius 1 is 1.07 bits per heavy atom. The highest BCUT2D eigenvalue weighted by Crippen LogP contribution is 2.23. The van der Waals surface area contributed by atoms with Gasteiger partial charge in [0.25, 0.3) is 5.91 Å². The summed E-state index contributed by atoms with van der Waals surface area (Å²) in [4.78, 5) is 51.0. The quantitative estimate of drug-likeness (QED) is 0.585. The first-order valence-corrected chi connectivity index (χ1v) is 9.43. The first kappa shape index (κ1) is 19.1. The highest BCUT2D eigenvalue weighted by atomic mass is 16.5. The van der Waals surface area contributed by atoms with Crippen molar-refractivity contribution >= 4 is 29.4 Å². The second-order valence-electron chi connectivity index (χ2n) is 6.89. The molecule has 0 radical (unpaired) electrons. The third-order valence-electron chi connectivity index (χ3n) is 5.16. The normalized spacial score (nSPS) is 20.1. The zero-order valence-electron chi connectivity index (χ0n) is 15.5. The Labute approximate surface area is 158 Å². The molecule has 2 aliphatic rings. The summed E-state index contributed by atoms with van der Waals surface area (Å²) in [7, 11) is 0. The smallest absolute Gasteiger partial charge is 0.338 e. The first-order valence-electron chi connectivity index (χ1n) is 9.43. The zero-order valence-corrected chi connectivity index (χ0v) is 15.5. The molecule has 2 fully saturated rings. The Kier molecular flexibility index (Phi) is 5.88. The van der Waals surface area contributed by atoms with Crippen LogP contribution in [0.5, 0.6) is 0 Å². The van der Waals surface area contributed by atoms with Gasteiger partial charge < -0.3 is 9.64 Å². The average molecular weight is 372 g/mol. The van der Waals surface area contributed by atoms with Gasteiger partial charge in [-0.05, 0) is 49.9 Å². The fourth-order valence-corrected chi connectivity index (χ4v) is 3.66. The molecule has 0 aromatic heterocycles. The second-order valence-corrected chi connectivity index (χ2v) is 6.89. The maximum absolute atomic E-state index is 12.4. The van der Waals surface area contributed by atoms with E-state index in [0.717, 1.165) is 30.6 Å². The topological polar surface area (TPSA) is 84.0 Å². The number of esters is 1. The van der Waals surface area contributed by atoms with Gasteiger partial charge >= 0.3 is 5.97 Å².